The predicted octanol–water partition coefficient (Wildman–Crippen LogP) is 4.35. The fraction of sp³-hybridized carbons (Fsp3) is 0.130. The van der Waals surface area contributed by atoms with Crippen molar-refractivity contribution in [2.75, 3.05) is 7.11 Å². The van der Waals surface area contributed by atoms with Crippen molar-refractivity contribution in [1.29, 1.82) is 0 Å². The van der Waals surface area contributed by atoms with E-state index in [2.05, 4.69) is 4.57 Å². The largest absolute Gasteiger partial charge is 0.497 e. The van der Waals surface area contributed by atoms with Crippen LogP contribution in [0.2, 0.25) is 0 Å². The fourth-order valence-corrected chi connectivity index (χ4v) is 3.43. The van der Waals surface area contributed by atoms with Gasteiger partial charge in [-0.25, -0.2) is 4.79 Å². The average molecular weight is 358 g/mol. The molecule has 3 aromatic carbocycles. The lowest BCUT2D eigenvalue weighted by molar-refractivity contribution is -0.617. The Morgan fingerprint density at radius 2 is 1.59 bits per heavy atom. The van der Waals surface area contributed by atoms with Crippen molar-refractivity contribution < 1.29 is 18.8 Å². The highest BCUT2D eigenvalue weighted by Gasteiger charge is 2.24. The van der Waals surface area contributed by atoms with Gasteiger partial charge >= 0.3 is 5.97 Å². The van der Waals surface area contributed by atoms with Crippen LogP contribution in [0.1, 0.15) is 15.9 Å². The fourth-order valence-electron chi connectivity index (χ4n) is 3.43. The second-order valence-electron chi connectivity index (χ2n) is 6.49. The zero-order valence-corrected chi connectivity index (χ0v) is 15.5. The van der Waals surface area contributed by atoms with E-state index in [1.54, 1.807) is 13.2 Å². The van der Waals surface area contributed by atoms with Gasteiger partial charge in [-0.15, -0.1) is 0 Å². The summed E-state index contributed by atoms with van der Waals surface area (Å²) in [5.74, 6) is 0.887. The van der Waals surface area contributed by atoms with Crippen molar-refractivity contribution in [2.45, 2.75) is 6.92 Å². The maximum Gasteiger partial charge on any atom is 0.345 e. The number of pyridine rings is 1. The van der Waals surface area contributed by atoms with E-state index in [4.69, 9.17) is 9.47 Å². The molecule has 0 atom stereocenters. The second kappa shape index (κ2) is 6.72. The zero-order chi connectivity index (χ0) is 19.0. The first-order valence-corrected chi connectivity index (χ1v) is 8.76. The molecule has 1 aromatic heterocycles. The highest BCUT2D eigenvalue weighted by molar-refractivity contribution is 6.13. The van der Waals surface area contributed by atoms with E-state index in [9.17, 15) is 4.79 Å². The highest BCUT2D eigenvalue weighted by atomic mass is 16.5. The number of nitrogens with zero attached hydrogens (tertiary/aromatic N) is 1. The molecule has 1 heterocycles. The van der Waals surface area contributed by atoms with Gasteiger partial charge in [-0.1, -0.05) is 30.3 Å². The molecular weight excluding hydrogens is 338 g/mol. The third kappa shape index (κ3) is 2.89. The van der Waals surface area contributed by atoms with Crippen LogP contribution in [0.4, 0.5) is 0 Å². The summed E-state index contributed by atoms with van der Waals surface area (Å²) in [6, 6.07) is 21.1. The Labute approximate surface area is 157 Å². The molecule has 0 saturated heterocycles. The summed E-state index contributed by atoms with van der Waals surface area (Å²) >= 11 is 0. The summed E-state index contributed by atoms with van der Waals surface area (Å²) in [6.07, 6.45) is 0. The van der Waals surface area contributed by atoms with E-state index in [0.717, 1.165) is 27.4 Å². The van der Waals surface area contributed by atoms with Gasteiger partial charge in [-0.2, -0.15) is 4.57 Å². The van der Waals surface area contributed by atoms with E-state index < -0.39 is 0 Å². The Kier molecular flexibility index (Phi) is 4.24. The zero-order valence-electron chi connectivity index (χ0n) is 15.5. The van der Waals surface area contributed by atoms with Gasteiger partial charge in [0.15, 0.2) is 0 Å². The number of carbonyl (C=O) groups is 1. The van der Waals surface area contributed by atoms with Crippen LogP contribution in [-0.4, -0.2) is 13.1 Å². The van der Waals surface area contributed by atoms with Crippen molar-refractivity contribution in [3.63, 3.8) is 0 Å². The first-order valence-electron chi connectivity index (χ1n) is 8.76. The maximum absolute atomic E-state index is 13.2. The molecule has 0 aliphatic heterocycles. The number of hydrogen-bond acceptors (Lipinski definition) is 3. The molecule has 134 valence electrons. The summed E-state index contributed by atoms with van der Waals surface area (Å²) in [6.45, 7) is 1.92. The van der Waals surface area contributed by atoms with E-state index in [1.165, 1.54) is 0 Å². The van der Waals surface area contributed by atoms with Crippen LogP contribution in [0.15, 0.2) is 66.7 Å². The van der Waals surface area contributed by atoms with Crippen LogP contribution < -0.4 is 14.0 Å². The summed E-state index contributed by atoms with van der Waals surface area (Å²) in [4.78, 5) is 13.2. The molecule has 0 aliphatic carbocycles. The number of methoxy groups -OCH3 is 1. The standard InChI is InChI=1S/C23H20NO3/c1-15-8-4-7-11-21(15)27-23(25)22-17-9-5-6-10-19(17)24(2)20-13-12-16(26-3)14-18(20)22/h4-14H,1-3H3/q+1. The number of ether oxygens (including phenoxy) is 2. The molecule has 27 heavy (non-hydrogen) atoms. The average Bonchev–Trinajstić information content (AvgIpc) is 2.69. The van der Waals surface area contributed by atoms with E-state index in [0.29, 0.717) is 17.1 Å². The van der Waals surface area contributed by atoms with Gasteiger partial charge in [-0.3, -0.25) is 0 Å². The summed E-state index contributed by atoms with van der Waals surface area (Å²) in [5, 5.41) is 1.65. The monoisotopic (exact) mass is 358 g/mol. The minimum atomic E-state index is -0.376. The molecule has 0 spiro atoms. The van der Waals surface area contributed by atoms with Crippen LogP contribution in [0.3, 0.4) is 0 Å². The highest BCUT2D eigenvalue weighted by Crippen LogP contribution is 2.29. The number of carbonyl (C=O) groups excluding carboxylic acids is 1. The van der Waals surface area contributed by atoms with Crippen molar-refractivity contribution in [2.24, 2.45) is 7.05 Å². The molecule has 0 bridgehead atoms. The Hall–Kier alpha value is -3.40. The van der Waals surface area contributed by atoms with Crippen LogP contribution >= 0.6 is 0 Å². The number of esters is 1. The van der Waals surface area contributed by atoms with Crippen LogP contribution in [0.5, 0.6) is 11.5 Å². The van der Waals surface area contributed by atoms with Crippen molar-refractivity contribution in [1.82, 2.24) is 0 Å². The number of rotatable bonds is 3. The van der Waals surface area contributed by atoms with Crippen molar-refractivity contribution >= 4 is 27.8 Å². The Morgan fingerprint density at radius 1 is 0.889 bits per heavy atom. The molecule has 4 nitrogen and oxygen atoms in total. The maximum atomic E-state index is 13.2. The van der Waals surface area contributed by atoms with Crippen LogP contribution in [-0.2, 0) is 7.05 Å². The Balaban J connectivity index is 2.00. The lowest BCUT2D eigenvalue weighted by Gasteiger charge is -2.12. The summed E-state index contributed by atoms with van der Waals surface area (Å²) in [7, 11) is 3.61. The molecule has 0 fully saturated rings. The molecule has 4 aromatic rings. The van der Waals surface area contributed by atoms with Gasteiger partial charge in [-0.05, 0) is 36.8 Å². The van der Waals surface area contributed by atoms with Crippen molar-refractivity contribution in [3.8, 4) is 11.5 Å². The van der Waals surface area contributed by atoms with Gasteiger partial charge in [0.1, 0.15) is 18.5 Å². The first kappa shape index (κ1) is 17.0. The third-order valence-electron chi connectivity index (χ3n) is 4.87. The Bertz CT molecular complexity index is 1180. The number of hydrogen-bond donors (Lipinski definition) is 0. The van der Waals surface area contributed by atoms with Gasteiger partial charge in [0.25, 0.3) is 0 Å². The number of fused-ring (bicyclic) bond motifs is 2. The minimum absolute atomic E-state index is 0.376. The molecule has 0 amide bonds. The van der Waals surface area contributed by atoms with Crippen LogP contribution in [0.25, 0.3) is 21.8 Å². The Morgan fingerprint density at radius 3 is 2.37 bits per heavy atom. The molecular formula is C23H20NO3+. The normalized spacial score (nSPS) is 10.9. The molecule has 0 radical (unpaired) electrons. The van der Waals surface area contributed by atoms with E-state index in [-0.39, 0.29) is 5.97 Å². The van der Waals surface area contributed by atoms with E-state index >= 15 is 0 Å². The third-order valence-corrected chi connectivity index (χ3v) is 4.87. The van der Waals surface area contributed by atoms with Gasteiger partial charge < -0.3 is 9.47 Å². The SMILES string of the molecule is COc1ccc2c(c1)c(C(=O)Oc1ccccc1C)c1ccccc1[n+]2C. The first-order chi connectivity index (χ1) is 13.1. The lowest BCUT2D eigenvalue weighted by atomic mass is 10.0. The van der Waals surface area contributed by atoms with Gasteiger partial charge in [0.2, 0.25) is 11.0 Å². The summed E-state index contributed by atoms with van der Waals surface area (Å²) in [5.41, 5.74) is 3.36. The quantitative estimate of drug-likeness (QED) is 0.236. The number of benzene rings is 3. The summed E-state index contributed by atoms with van der Waals surface area (Å²) < 4.78 is 13.2. The smallest absolute Gasteiger partial charge is 0.345 e. The number of para-hydroxylation sites is 2. The van der Waals surface area contributed by atoms with E-state index in [1.807, 2.05) is 74.6 Å². The van der Waals surface area contributed by atoms with Gasteiger partial charge in [0.05, 0.1) is 23.4 Å². The number of aryl methyl sites for hydroxylation is 2. The number of aromatic nitrogens is 1. The second-order valence-corrected chi connectivity index (χ2v) is 6.49. The molecule has 0 aliphatic rings. The predicted molar refractivity (Wildman–Crippen MR) is 105 cm³/mol. The molecule has 4 heteroatoms. The van der Waals surface area contributed by atoms with Crippen LogP contribution in [0, 0.1) is 6.92 Å². The van der Waals surface area contributed by atoms with Gasteiger partial charge in [0, 0.05) is 12.1 Å². The molecule has 0 saturated carbocycles. The molecule has 0 N–H and O–H groups in total. The minimum Gasteiger partial charge on any atom is -0.497 e. The van der Waals surface area contributed by atoms with Crippen molar-refractivity contribution in [3.05, 3.63) is 77.9 Å². The molecule has 4 rings (SSSR count). The lowest BCUT2D eigenvalue weighted by Crippen LogP contribution is -2.31. The topological polar surface area (TPSA) is 39.4 Å². The molecule has 0 unspecified atom stereocenters.